The van der Waals surface area contributed by atoms with Gasteiger partial charge in [-0.2, -0.15) is 10.4 Å². The average Bonchev–Trinajstić information content (AvgIpc) is 3.41. The maximum atomic E-state index is 11.4. The van der Waals surface area contributed by atoms with Gasteiger partial charge in [0.25, 0.3) is 0 Å². The van der Waals surface area contributed by atoms with E-state index in [1.807, 2.05) is 42.5 Å². The molecule has 0 aliphatic carbocycles. The van der Waals surface area contributed by atoms with Gasteiger partial charge in [-0.05, 0) is 23.6 Å². The molecular formula is C22H14N6O2S. The number of carbonyl (C=O) groups excluding carboxylic acids is 1. The first kappa shape index (κ1) is 18.8. The zero-order chi connectivity index (χ0) is 21.4. The smallest absolute Gasteiger partial charge is 0.193 e. The predicted molar refractivity (Wildman–Crippen MR) is 117 cm³/mol. The van der Waals surface area contributed by atoms with Crippen molar-refractivity contribution < 1.29 is 9.90 Å². The van der Waals surface area contributed by atoms with Crippen molar-refractivity contribution in [1.82, 2.24) is 9.78 Å². The molecule has 0 bridgehead atoms. The molecule has 5 rings (SSSR count). The summed E-state index contributed by atoms with van der Waals surface area (Å²) in [6.07, 6.45) is 2.00. The van der Waals surface area contributed by atoms with Crippen LogP contribution in [0.2, 0.25) is 0 Å². The fraction of sp³-hybridized carbons (Fsp3) is 0.0455. The molecular weight excluding hydrogens is 412 g/mol. The summed E-state index contributed by atoms with van der Waals surface area (Å²) in [6.45, 7) is 0. The summed E-state index contributed by atoms with van der Waals surface area (Å²) in [7, 11) is 0. The SMILES string of the molecule is N#Cc1cnn(C2Nc3ccccc3S2)c1N=Nc1c(O)c(C=O)cc2ccccc12. The van der Waals surface area contributed by atoms with Crippen LogP contribution in [0.25, 0.3) is 10.8 Å². The highest BCUT2D eigenvalue weighted by molar-refractivity contribution is 8.00. The van der Waals surface area contributed by atoms with Gasteiger partial charge < -0.3 is 10.4 Å². The monoisotopic (exact) mass is 426 g/mol. The third kappa shape index (κ3) is 3.19. The molecule has 1 aliphatic rings. The van der Waals surface area contributed by atoms with E-state index in [2.05, 4.69) is 26.7 Å². The third-order valence-electron chi connectivity index (χ3n) is 4.91. The molecule has 31 heavy (non-hydrogen) atoms. The summed E-state index contributed by atoms with van der Waals surface area (Å²) < 4.78 is 1.58. The average molecular weight is 426 g/mol. The van der Waals surface area contributed by atoms with Crippen molar-refractivity contribution in [2.24, 2.45) is 10.2 Å². The van der Waals surface area contributed by atoms with Crippen LogP contribution in [0.15, 0.2) is 75.9 Å². The number of nitriles is 1. The maximum absolute atomic E-state index is 11.4. The zero-order valence-electron chi connectivity index (χ0n) is 15.9. The number of azo groups is 1. The van der Waals surface area contributed by atoms with Crippen molar-refractivity contribution in [3.8, 4) is 11.8 Å². The number of rotatable bonds is 4. The normalized spacial score (nSPS) is 15.0. The number of fused-ring (bicyclic) bond motifs is 2. The van der Waals surface area contributed by atoms with Gasteiger partial charge in [-0.1, -0.05) is 48.2 Å². The molecule has 0 radical (unpaired) electrons. The van der Waals surface area contributed by atoms with Gasteiger partial charge in [-0.3, -0.25) is 4.79 Å². The van der Waals surface area contributed by atoms with Crippen LogP contribution in [-0.2, 0) is 0 Å². The van der Waals surface area contributed by atoms with Crippen LogP contribution in [0.4, 0.5) is 17.2 Å². The molecule has 0 amide bonds. The Kier molecular flexibility index (Phi) is 4.61. The first-order valence-corrected chi connectivity index (χ1v) is 10.2. The van der Waals surface area contributed by atoms with Gasteiger partial charge >= 0.3 is 0 Å². The highest BCUT2D eigenvalue weighted by Crippen LogP contribution is 2.45. The minimum absolute atomic E-state index is 0.116. The van der Waals surface area contributed by atoms with Crippen LogP contribution >= 0.6 is 11.8 Å². The topological polar surface area (TPSA) is 116 Å². The standard InChI is InChI=1S/C22H14N6O2S/c23-10-15-11-24-28(22-25-17-7-3-4-8-18(17)31-22)21(15)27-26-19-16-6-2-1-5-13(16)9-14(12-29)20(19)30/h1-9,11-12,22,25,30H. The maximum Gasteiger partial charge on any atom is 0.193 e. The summed E-state index contributed by atoms with van der Waals surface area (Å²) in [6, 6.07) is 18.8. The van der Waals surface area contributed by atoms with Crippen molar-refractivity contribution >= 4 is 46.0 Å². The Morgan fingerprint density at radius 2 is 2.00 bits per heavy atom. The fourth-order valence-electron chi connectivity index (χ4n) is 3.42. The summed E-state index contributed by atoms with van der Waals surface area (Å²) in [5.41, 5.74) is 1.19. The van der Waals surface area contributed by atoms with Gasteiger partial charge in [0.2, 0.25) is 0 Å². The molecule has 0 spiro atoms. The van der Waals surface area contributed by atoms with Gasteiger partial charge in [0.05, 0.1) is 17.4 Å². The second-order valence-corrected chi connectivity index (χ2v) is 7.87. The van der Waals surface area contributed by atoms with E-state index in [9.17, 15) is 15.2 Å². The lowest BCUT2D eigenvalue weighted by Gasteiger charge is -2.12. The number of benzene rings is 3. The second-order valence-electron chi connectivity index (χ2n) is 6.75. The van der Waals surface area contributed by atoms with Crippen LogP contribution in [0.1, 0.15) is 21.4 Å². The molecule has 1 aliphatic heterocycles. The minimum atomic E-state index is -0.305. The quantitative estimate of drug-likeness (QED) is 0.328. The Hall–Kier alpha value is -4.16. The van der Waals surface area contributed by atoms with E-state index in [-0.39, 0.29) is 33.9 Å². The molecule has 0 fully saturated rings. The van der Waals surface area contributed by atoms with E-state index in [1.165, 1.54) is 6.20 Å². The van der Waals surface area contributed by atoms with Gasteiger partial charge in [0.1, 0.15) is 17.3 Å². The molecule has 1 atom stereocenters. The second kappa shape index (κ2) is 7.59. The summed E-state index contributed by atoms with van der Waals surface area (Å²) >= 11 is 1.54. The molecule has 2 N–H and O–H groups in total. The number of nitrogens with zero attached hydrogens (tertiary/aromatic N) is 5. The number of aromatic hydroxyl groups is 1. The Labute approximate surface area is 180 Å². The number of phenolic OH excluding ortho intramolecular Hbond substituents is 1. The third-order valence-corrected chi connectivity index (χ3v) is 6.06. The van der Waals surface area contributed by atoms with Crippen LogP contribution in [-0.4, -0.2) is 21.2 Å². The first-order valence-electron chi connectivity index (χ1n) is 9.31. The van der Waals surface area contributed by atoms with Gasteiger partial charge in [0.15, 0.2) is 23.4 Å². The van der Waals surface area contributed by atoms with Crippen LogP contribution in [0, 0.1) is 11.3 Å². The lowest BCUT2D eigenvalue weighted by molar-refractivity contribution is 0.112. The van der Waals surface area contributed by atoms with Gasteiger partial charge in [-0.25, -0.2) is 4.68 Å². The summed E-state index contributed by atoms with van der Waals surface area (Å²) in [5, 5.41) is 37.6. The number of nitrogens with one attached hydrogen (secondary N) is 1. The molecule has 1 unspecified atom stereocenters. The number of hydrogen-bond acceptors (Lipinski definition) is 8. The van der Waals surface area contributed by atoms with E-state index in [4.69, 9.17) is 0 Å². The number of phenols is 1. The van der Waals surface area contributed by atoms with E-state index in [1.54, 1.807) is 28.6 Å². The molecule has 150 valence electrons. The number of thioether (sulfide) groups is 1. The highest BCUT2D eigenvalue weighted by Gasteiger charge is 2.26. The van der Waals surface area contributed by atoms with Crippen LogP contribution in [0.3, 0.4) is 0 Å². The van der Waals surface area contributed by atoms with Crippen molar-refractivity contribution in [3.63, 3.8) is 0 Å². The van der Waals surface area contributed by atoms with Crippen LogP contribution < -0.4 is 5.32 Å². The lowest BCUT2D eigenvalue weighted by Crippen LogP contribution is -2.11. The van der Waals surface area contributed by atoms with Gasteiger partial charge in [0, 0.05) is 10.3 Å². The number of carbonyl (C=O) groups is 1. The number of aromatic nitrogens is 2. The molecule has 3 aromatic carbocycles. The van der Waals surface area contributed by atoms with Crippen molar-refractivity contribution in [2.45, 2.75) is 10.4 Å². The Morgan fingerprint density at radius 1 is 1.19 bits per heavy atom. The van der Waals surface area contributed by atoms with Crippen molar-refractivity contribution in [3.05, 3.63) is 71.9 Å². The van der Waals surface area contributed by atoms with E-state index < -0.39 is 0 Å². The molecule has 9 heteroatoms. The first-order chi connectivity index (χ1) is 15.2. The molecule has 0 saturated carbocycles. The van der Waals surface area contributed by atoms with Crippen molar-refractivity contribution in [1.29, 1.82) is 5.26 Å². The summed E-state index contributed by atoms with van der Waals surface area (Å²) in [4.78, 5) is 12.5. The summed E-state index contributed by atoms with van der Waals surface area (Å²) in [5.74, 6) is -0.0110. The van der Waals surface area contributed by atoms with E-state index >= 15 is 0 Å². The minimum Gasteiger partial charge on any atom is -0.505 e. The molecule has 4 aromatic rings. The van der Waals surface area contributed by atoms with Crippen LogP contribution in [0.5, 0.6) is 5.75 Å². The fourth-order valence-corrected chi connectivity index (χ4v) is 4.51. The van der Waals surface area contributed by atoms with Gasteiger partial charge in [-0.15, -0.1) is 10.2 Å². The number of anilines is 1. The lowest BCUT2D eigenvalue weighted by atomic mass is 10.0. The number of aldehydes is 1. The largest absolute Gasteiger partial charge is 0.505 e. The highest BCUT2D eigenvalue weighted by atomic mass is 32.2. The van der Waals surface area contributed by atoms with Crippen molar-refractivity contribution in [2.75, 3.05) is 5.32 Å². The van der Waals surface area contributed by atoms with E-state index in [0.29, 0.717) is 11.7 Å². The molecule has 2 heterocycles. The Bertz CT molecular complexity index is 1380. The number of para-hydroxylation sites is 1. The zero-order valence-corrected chi connectivity index (χ0v) is 16.7. The Balaban J connectivity index is 1.59. The molecule has 8 nitrogen and oxygen atoms in total. The predicted octanol–water partition coefficient (Wildman–Crippen LogP) is 5.52. The van der Waals surface area contributed by atoms with E-state index in [0.717, 1.165) is 16.0 Å². The molecule has 0 saturated heterocycles. The Morgan fingerprint density at radius 3 is 2.81 bits per heavy atom. The number of hydrogen-bond donors (Lipinski definition) is 2. The molecule has 1 aromatic heterocycles.